The fourth-order valence-corrected chi connectivity index (χ4v) is 5.22. The molecule has 3 aromatic rings. The van der Waals surface area contributed by atoms with E-state index in [2.05, 4.69) is 25.3 Å². The van der Waals surface area contributed by atoms with Crippen molar-refractivity contribution in [2.45, 2.75) is 32.1 Å². The van der Waals surface area contributed by atoms with Gasteiger partial charge in [0.25, 0.3) is 0 Å². The second kappa shape index (κ2) is 22.5. The van der Waals surface area contributed by atoms with Gasteiger partial charge in [-0.25, -0.2) is 4.79 Å². The Bertz CT molecular complexity index is 1240. The minimum absolute atomic E-state index is 0.148. The normalized spacial score (nSPS) is 10.7. The molecule has 0 atom stereocenters. The molecule has 0 aliphatic heterocycles. The molecule has 8 nitrogen and oxygen atoms in total. The van der Waals surface area contributed by atoms with Gasteiger partial charge in [-0.3, -0.25) is 4.79 Å². The maximum Gasteiger partial charge on any atom is 0.343 e. The summed E-state index contributed by atoms with van der Waals surface area (Å²) in [5, 5.41) is 0. The Morgan fingerprint density at radius 2 is 1.22 bits per heavy atom. The molecule has 0 bridgehead atoms. The minimum atomic E-state index is -0.458. The minimum Gasteiger partial charge on any atom is -0.494 e. The summed E-state index contributed by atoms with van der Waals surface area (Å²) in [6.07, 6.45) is 3.72. The van der Waals surface area contributed by atoms with Crippen molar-refractivity contribution in [1.82, 2.24) is 0 Å². The molecule has 3 rings (SSSR count). The van der Waals surface area contributed by atoms with Gasteiger partial charge >= 0.3 is 11.9 Å². The van der Waals surface area contributed by atoms with Crippen molar-refractivity contribution in [2.24, 2.45) is 0 Å². The second-order valence-corrected chi connectivity index (χ2v) is 11.9. The Hall–Kier alpha value is -2.99. The van der Waals surface area contributed by atoms with Crippen LogP contribution in [0.15, 0.2) is 72.8 Å². The van der Waals surface area contributed by atoms with Crippen LogP contribution in [0.3, 0.4) is 0 Å². The Morgan fingerprint density at radius 3 is 1.89 bits per heavy atom. The predicted molar refractivity (Wildman–Crippen MR) is 185 cm³/mol. The van der Waals surface area contributed by atoms with Gasteiger partial charge in [-0.1, -0.05) is 12.1 Å². The quantitative estimate of drug-likeness (QED) is 0.0365. The first-order valence-electron chi connectivity index (χ1n) is 15.0. The van der Waals surface area contributed by atoms with Gasteiger partial charge in [0.1, 0.15) is 23.0 Å². The fraction of sp³-hybridized carbons (Fsp3) is 0.412. The van der Waals surface area contributed by atoms with Crippen molar-refractivity contribution >= 4 is 49.0 Å². The van der Waals surface area contributed by atoms with Crippen molar-refractivity contribution in [3.8, 4) is 23.0 Å². The number of ether oxygens (including phenoxy) is 6. The van der Waals surface area contributed by atoms with E-state index in [9.17, 15) is 9.59 Å². The van der Waals surface area contributed by atoms with E-state index < -0.39 is 5.97 Å². The highest BCUT2D eigenvalue weighted by Crippen LogP contribution is 2.19. The van der Waals surface area contributed by atoms with Crippen LogP contribution in [0.5, 0.6) is 23.0 Å². The summed E-state index contributed by atoms with van der Waals surface area (Å²) >= 11 is 10.2. The number of thioether (sulfide) groups is 1. The highest BCUT2D eigenvalue weighted by Gasteiger charge is 2.09. The lowest BCUT2D eigenvalue weighted by Crippen LogP contribution is -2.10. The molecule has 0 aliphatic rings. The maximum absolute atomic E-state index is 12.5. The summed E-state index contributed by atoms with van der Waals surface area (Å²) in [5.74, 6) is 5.55. The van der Waals surface area contributed by atoms with E-state index in [0.29, 0.717) is 68.5 Å². The van der Waals surface area contributed by atoms with E-state index >= 15 is 0 Å². The van der Waals surface area contributed by atoms with Gasteiger partial charge < -0.3 is 28.4 Å². The van der Waals surface area contributed by atoms with Crippen LogP contribution in [-0.4, -0.2) is 68.2 Å². The topological polar surface area (TPSA) is 89.5 Å². The molecule has 0 aliphatic carbocycles. The van der Waals surface area contributed by atoms with Crippen molar-refractivity contribution in [2.75, 3.05) is 56.2 Å². The number of esters is 2. The molecule has 0 spiro atoms. The first kappa shape index (κ1) is 36.5. The van der Waals surface area contributed by atoms with E-state index in [4.69, 9.17) is 28.4 Å². The average Bonchev–Trinajstić information content (AvgIpc) is 3.06. The lowest BCUT2D eigenvalue weighted by molar-refractivity contribution is -0.143. The summed E-state index contributed by atoms with van der Waals surface area (Å²) in [5.41, 5.74) is 1.46. The van der Waals surface area contributed by atoms with Gasteiger partial charge in [-0.15, -0.1) is 0 Å². The van der Waals surface area contributed by atoms with Crippen LogP contribution >= 0.6 is 37.0 Å². The zero-order valence-electron chi connectivity index (χ0n) is 25.4. The van der Waals surface area contributed by atoms with Crippen LogP contribution in [0.25, 0.3) is 0 Å². The zero-order chi connectivity index (χ0) is 32.0. The summed E-state index contributed by atoms with van der Waals surface area (Å²) in [6, 6.07) is 21.6. The molecular weight excluding hydrogens is 633 g/mol. The summed E-state index contributed by atoms with van der Waals surface area (Å²) in [4.78, 5) is 23.9. The molecule has 0 unspecified atom stereocenters. The molecule has 0 N–H and O–H groups in total. The molecule has 0 heterocycles. The van der Waals surface area contributed by atoms with Crippen molar-refractivity contribution < 1.29 is 38.0 Å². The lowest BCUT2D eigenvalue weighted by Gasteiger charge is -2.10. The van der Waals surface area contributed by atoms with Gasteiger partial charge in [-0.05, 0) is 103 Å². The highest BCUT2D eigenvalue weighted by molar-refractivity contribution is 7.99. The van der Waals surface area contributed by atoms with E-state index in [1.165, 1.54) is 0 Å². The van der Waals surface area contributed by atoms with Crippen molar-refractivity contribution in [3.05, 3.63) is 83.9 Å². The number of hydrogen-bond donors (Lipinski definition) is 2. The number of thiol groups is 2. The number of carbonyl (C=O) groups is 2. The Balaban J connectivity index is 1.26. The van der Waals surface area contributed by atoms with Crippen molar-refractivity contribution in [1.29, 1.82) is 0 Å². The zero-order valence-corrected chi connectivity index (χ0v) is 28.0. The SMILES string of the molecule is O=C(CCS)OCCCOc1ccc(C(=O)Oc2ccc(CCOCOc3ccc(OCCCSCCCS)cc3)cc2)cc1. The predicted octanol–water partition coefficient (Wildman–Crippen LogP) is 6.96. The third-order valence-electron chi connectivity index (χ3n) is 6.18. The molecule has 45 heavy (non-hydrogen) atoms. The Morgan fingerprint density at radius 1 is 0.622 bits per heavy atom. The molecule has 3 aromatic carbocycles. The third kappa shape index (κ3) is 15.7. The molecule has 0 saturated carbocycles. The molecule has 0 radical (unpaired) electrons. The van der Waals surface area contributed by atoms with Crippen molar-refractivity contribution in [3.63, 3.8) is 0 Å². The number of hydrogen-bond acceptors (Lipinski definition) is 11. The van der Waals surface area contributed by atoms with E-state index in [0.717, 1.165) is 47.2 Å². The average molecular weight is 675 g/mol. The van der Waals surface area contributed by atoms with Crippen LogP contribution < -0.4 is 18.9 Å². The molecule has 0 saturated heterocycles. The summed E-state index contributed by atoms with van der Waals surface area (Å²) < 4.78 is 33.3. The highest BCUT2D eigenvalue weighted by atomic mass is 32.2. The fourth-order valence-electron chi connectivity index (χ4n) is 3.79. The van der Waals surface area contributed by atoms with Crippen LogP contribution in [0.1, 0.15) is 41.6 Å². The van der Waals surface area contributed by atoms with E-state index in [1.54, 1.807) is 36.4 Å². The largest absolute Gasteiger partial charge is 0.494 e. The Kier molecular flexibility index (Phi) is 18.2. The molecule has 0 amide bonds. The standard InChI is InChI=1S/C34H42O8S3/c35-33(17-23-44)40-19-1-18-38-29-10-6-28(7-11-29)34(36)42-32-8-4-27(5-9-32)16-21-37-26-41-31-14-12-30(13-15-31)39-20-2-24-45-25-3-22-43/h4-15,43-44H,1-3,16-26H2. The summed E-state index contributed by atoms with van der Waals surface area (Å²) in [7, 11) is 0. The van der Waals surface area contributed by atoms with Crippen LogP contribution in [0.4, 0.5) is 0 Å². The molecule has 0 aromatic heterocycles. The first-order valence-corrected chi connectivity index (χ1v) is 17.4. The van der Waals surface area contributed by atoms with Gasteiger partial charge in [0, 0.05) is 12.2 Å². The van der Waals surface area contributed by atoms with E-state index in [-0.39, 0.29) is 12.8 Å². The maximum atomic E-state index is 12.5. The third-order valence-corrected chi connectivity index (χ3v) is 7.87. The number of carbonyl (C=O) groups excluding carboxylic acids is 2. The van der Waals surface area contributed by atoms with E-state index in [1.807, 2.05) is 48.2 Å². The lowest BCUT2D eigenvalue weighted by atomic mass is 10.1. The Labute approximate surface area is 281 Å². The van der Waals surface area contributed by atoms with Crippen LogP contribution in [0, 0.1) is 0 Å². The van der Waals surface area contributed by atoms with Crippen LogP contribution in [0.2, 0.25) is 0 Å². The van der Waals surface area contributed by atoms with Crippen LogP contribution in [-0.2, 0) is 20.7 Å². The van der Waals surface area contributed by atoms with Gasteiger partial charge in [0.05, 0.1) is 38.4 Å². The second-order valence-electron chi connectivity index (χ2n) is 9.74. The smallest absolute Gasteiger partial charge is 0.343 e. The summed E-state index contributed by atoms with van der Waals surface area (Å²) in [6.45, 7) is 2.02. The molecule has 0 fully saturated rings. The first-order chi connectivity index (χ1) is 22.1. The van der Waals surface area contributed by atoms with Gasteiger partial charge in [0.2, 0.25) is 0 Å². The molecule has 11 heteroatoms. The monoisotopic (exact) mass is 674 g/mol. The van der Waals surface area contributed by atoms with Gasteiger partial charge in [0.15, 0.2) is 6.79 Å². The molecule has 244 valence electrons. The number of benzene rings is 3. The molecular formula is C34H42O8S3. The number of rotatable bonds is 23. The van der Waals surface area contributed by atoms with Gasteiger partial charge in [-0.2, -0.15) is 37.0 Å².